The fourth-order valence-corrected chi connectivity index (χ4v) is 4.47. The zero-order valence-corrected chi connectivity index (χ0v) is 21.2. The molecular weight excluding hydrogens is 474 g/mol. The van der Waals surface area contributed by atoms with Gasteiger partial charge in [0.2, 0.25) is 0 Å². The van der Waals surface area contributed by atoms with Crippen LogP contribution < -0.4 is 5.32 Å². The molecule has 0 spiro atoms. The number of Topliss-reactive ketones (excluding diaryl/α,β-unsaturated/α-hetero) is 1. The van der Waals surface area contributed by atoms with E-state index in [1.54, 1.807) is 16.8 Å². The molecule has 0 aliphatic carbocycles. The Morgan fingerprint density at radius 3 is 2.39 bits per heavy atom. The van der Waals surface area contributed by atoms with E-state index >= 15 is 0 Å². The Hall–Kier alpha value is -4.04. The van der Waals surface area contributed by atoms with Crippen LogP contribution in [0.5, 0.6) is 0 Å². The molecule has 0 bridgehead atoms. The number of nitrogens with zero attached hydrogens (tertiary/aromatic N) is 2. The molecule has 1 amide bonds. The predicted molar refractivity (Wildman–Crippen MR) is 141 cm³/mol. The average Bonchev–Trinajstić information content (AvgIpc) is 3.55. The number of ketones is 1. The number of carbonyl (C=O) groups excluding carboxylic acids is 3. The zero-order valence-electron chi connectivity index (χ0n) is 20.4. The fourth-order valence-electron chi connectivity index (χ4n) is 3.78. The van der Waals surface area contributed by atoms with E-state index in [0.717, 1.165) is 28.1 Å². The summed E-state index contributed by atoms with van der Waals surface area (Å²) in [5.41, 5.74) is 5.92. The second-order valence-corrected chi connectivity index (χ2v) is 9.47. The predicted octanol–water partition coefficient (Wildman–Crippen LogP) is 5.67. The second-order valence-electron chi connectivity index (χ2n) is 8.52. The first-order chi connectivity index (χ1) is 17.3. The molecule has 0 atom stereocenters. The van der Waals surface area contributed by atoms with Crippen molar-refractivity contribution in [2.45, 2.75) is 33.6 Å². The number of aromatic nitrogens is 2. The van der Waals surface area contributed by atoms with E-state index in [0.29, 0.717) is 10.7 Å². The molecule has 184 valence electrons. The number of esters is 1. The van der Waals surface area contributed by atoms with E-state index in [2.05, 4.69) is 31.3 Å². The van der Waals surface area contributed by atoms with Crippen molar-refractivity contribution in [1.82, 2.24) is 9.78 Å². The molecule has 1 N–H and O–H groups in total. The summed E-state index contributed by atoms with van der Waals surface area (Å²) in [5.74, 6) is -0.749. The molecule has 0 aliphatic heterocycles. The van der Waals surface area contributed by atoms with Gasteiger partial charge in [-0.25, -0.2) is 4.68 Å². The van der Waals surface area contributed by atoms with Crippen LogP contribution in [-0.2, 0) is 14.3 Å². The number of para-hydroxylation sites is 1. The molecule has 7 nitrogen and oxygen atoms in total. The molecule has 36 heavy (non-hydrogen) atoms. The first kappa shape index (κ1) is 25.1. The van der Waals surface area contributed by atoms with Crippen LogP contribution >= 0.6 is 11.3 Å². The van der Waals surface area contributed by atoms with Crippen molar-refractivity contribution in [2.24, 2.45) is 0 Å². The maximum absolute atomic E-state index is 12.6. The number of anilines is 1. The number of hydrogen-bond donors (Lipinski definition) is 1. The number of carbonyl (C=O) groups is 3. The molecule has 2 aromatic carbocycles. The lowest BCUT2D eigenvalue weighted by molar-refractivity contribution is -0.147. The van der Waals surface area contributed by atoms with Crippen LogP contribution in [0.4, 0.5) is 5.82 Å². The molecule has 0 aliphatic rings. The topological polar surface area (TPSA) is 90.3 Å². The SMILES string of the molecule is Cc1cc(C)c(-c2cc(NC(=O)COC(=O)CCC(=O)c3cccs3)n(-c3ccccc3)n2)cc1C. The normalized spacial score (nSPS) is 10.8. The highest BCUT2D eigenvalue weighted by Gasteiger charge is 2.17. The van der Waals surface area contributed by atoms with E-state index in [-0.39, 0.29) is 18.6 Å². The van der Waals surface area contributed by atoms with Crippen molar-refractivity contribution < 1.29 is 19.1 Å². The van der Waals surface area contributed by atoms with Crippen molar-refractivity contribution in [2.75, 3.05) is 11.9 Å². The van der Waals surface area contributed by atoms with E-state index in [1.807, 2.05) is 48.7 Å². The molecule has 4 aromatic rings. The van der Waals surface area contributed by atoms with Gasteiger partial charge in [-0.15, -0.1) is 11.3 Å². The van der Waals surface area contributed by atoms with Crippen LogP contribution in [-0.4, -0.2) is 34.0 Å². The van der Waals surface area contributed by atoms with Gasteiger partial charge >= 0.3 is 5.97 Å². The van der Waals surface area contributed by atoms with Crippen LogP contribution in [0.1, 0.15) is 39.2 Å². The summed E-state index contributed by atoms with van der Waals surface area (Å²) in [7, 11) is 0. The molecule has 4 rings (SSSR count). The standard InChI is InChI=1S/C28H27N3O4S/c1-18-14-20(3)22(15-19(18)2)23-16-26(31(30-23)21-8-5-4-6-9-21)29-27(33)17-35-28(34)12-11-24(32)25-10-7-13-36-25/h4-10,13-16H,11-12,17H2,1-3H3,(H,29,33). The highest BCUT2D eigenvalue weighted by molar-refractivity contribution is 7.12. The number of hydrogen-bond acceptors (Lipinski definition) is 6. The summed E-state index contributed by atoms with van der Waals surface area (Å²) in [6, 6.07) is 19.0. The number of aryl methyl sites for hydroxylation is 3. The Bertz CT molecular complexity index is 1390. The molecule has 0 unspecified atom stereocenters. The van der Waals surface area contributed by atoms with Crippen molar-refractivity contribution in [3.8, 4) is 16.9 Å². The number of amides is 1. The van der Waals surface area contributed by atoms with Gasteiger partial charge in [-0.1, -0.05) is 30.3 Å². The lowest BCUT2D eigenvalue weighted by atomic mass is 9.99. The third kappa shape index (κ3) is 5.95. The fraction of sp³-hybridized carbons (Fsp3) is 0.214. The van der Waals surface area contributed by atoms with E-state index in [1.165, 1.54) is 16.9 Å². The van der Waals surface area contributed by atoms with Crippen LogP contribution in [0.3, 0.4) is 0 Å². The lowest BCUT2D eigenvalue weighted by Gasteiger charge is -2.09. The van der Waals surface area contributed by atoms with Crippen molar-refractivity contribution in [3.63, 3.8) is 0 Å². The van der Waals surface area contributed by atoms with Gasteiger partial charge in [0.15, 0.2) is 12.4 Å². The van der Waals surface area contributed by atoms with Gasteiger partial charge in [-0.3, -0.25) is 14.4 Å². The largest absolute Gasteiger partial charge is 0.456 e. The highest BCUT2D eigenvalue weighted by Crippen LogP contribution is 2.29. The van der Waals surface area contributed by atoms with E-state index < -0.39 is 18.5 Å². The summed E-state index contributed by atoms with van der Waals surface area (Å²) in [6.45, 7) is 5.70. The van der Waals surface area contributed by atoms with Gasteiger partial charge in [-0.2, -0.15) is 5.10 Å². The molecule has 8 heteroatoms. The average molecular weight is 502 g/mol. The van der Waals surface area contributed by atoms with Gasteiger partial charge in [0.25, 0.3) is 5.91 Å². The molecule has 2 aromatic heterocycles. The molecule has 0 radical (unpaired) electrons. The smallest absolute Gasteiger partial charge is 0.306 e. The third-order valence-electron chi connectivity index (χ3n) is 5.81. The van der Waals surface area contributed by atoms with Gasteiger partial charge in [0.05, 0.1) is 22.7 Å². The number of ether oxygens (including phenoxy) is 1. The summed E-state index contributed by atoms with van der Waals surface area (Å²) < 4.78 is 6.76. The summed E-state index contributed by atoms with van der Waals surface area (Å²) in [6.07, 6.45) is -0.0391. The Kier molecular flexibility index (Phi) is 7.75. The monoisotopic (exact) mass is 501 g/mol. The maximum atomic E-state index is 12.6. The van der Waals surface area contributed by atoms with Crippen LogP contribution in [0, 0.1) is 20.8 Å². The lowest BCUT2D eigenvalue weighted by Crippen LogP contribution is -2.22. The number of benzene rings is 2. The van der Waals surface area contributed by atoms with Crippen molar-refractivity contribution >= 4 is 34.8 Å². The Balaban J connectivity index is 1.46. The number of thiophene rings is 1. The van der Waals surface area contributed by atoms with Gasteiger partial charge in [0.1, 0.15) is 5.82 Å². The molecule has 0 saturated carbocycles. The molecule has 0 fully saturated rings. The number of nitrogens with one attached hydrogen (secondary N) is 1. The minimum absolute atomic E-state index is 0.0421. The molecule has 0 saturated heterocycles. The van der Waals surface area contributed by atoms with Crippen molar-refractivity contribution in [3.05, 3.63) is 87.6 Å². The maximum Gasteiger partial charge on any atom is 0.306 e. The van der Waals surface area contributed by atoms with Crippen LogP contribution in [0.25, 0.3) is 16.9 Å². The third-order valence-corrected chi connectivity index (χ3v) is 6.72. The first-order valence-electron chi connectivity index (χ1n) is 11.6. The van der Waals surface area contributed by atoms with Crippen LogP contribution in [0.15, 0.2) is 66.0 Å². The van der Waals surface area contributed by atoms with Crippen molar-refractivity contribution in [1.29, 1.82) is 0 Å². The van der Waals surface area contributed by atoms with Gasteiger partial charge in [-0.05, 0) is 67.1 Å². The van der Waals surface area contributed by atoms with Crippen LogP contribution in [0.2, 0.25) is 0 Å². The highest BCUT2D eigenvalue weighted by atomic mass is 32.1. The quantitative estimate of drug-likeness (QED) is 0.236. The first-order valence-corrected chi connectivity index (χ1v) is 12.5. The minimum atomic E-state index is -0.599. The van der Waals surface area contributed by atoms with E-state index in [9.17, 15) is 14.4 Å². The molecule has 2 heterocycles. The summed E-state index contributed by atoms with van der Waals surface area (Å²) in [5, 5.41) is 9.38. The second kappa shape index (κ2) is 11.1. The van der Waals surface area contributed by atoms with Gasteiger partial charge in [0, 0.05) is 18.1 Å². The Morgan fingerprint density at radius 1 is 0.917 bits per heavy atom. The summed E-state index contributed by atoms with van der Waals surface area (Å²) in [4.78, 5) is 37.4. The summed E-state index contributed by atoms with van der Waals surface area (Å²) >= 11 is 1.33. The van der Waals surface area contributed by atoms with Gasteiger partial charge < -0.3 is 10.1 Å². The Labute approximate surface area is 213 Å². The van der Waals surface area contributed by atoms with E-state index in [4.69, 9.17) is 9.84 Å². The zero-order chi connectivity index (χ0) is 25.7. The number of rotatable bonds is 9. The molecular formula is C28H27N3O4S. The minimum Gasteiger partial charge on any atom is -0.456 e. The Morgan fingerprint density at radius 2 is 1.67 bits per heavy atom.